The summed E-state index contributed by atoms with van der Waals surface area (Å²) in [5.41, 5.74) is 2.76. The molecule has 0 fully saturated rings. The molecule has 2 nitrogen and oxygen atoms in total. The number of hydrogen-bond donors (Lipinski definition) is 0. The van der Waals surface area contributed by atoms with Crippen LogP contribution in [0, 0.1) is 5.41 Å². The second kappa shape index (κ2) is 15.2. The highest BCUT2D eigenvalue weighted by molar-refractivity contribution is 5.96. The normalized spacial score (nSPS) is 16.8. The highest BCUT2D eigenvalue weighted by Crippen LogP contribution is 2.41. The zero-order valence-electron chi connectivity index (χ0n) is 19.5. The number of carbonyl (C=O) groups excluding carboxylic acids is 1. The molecule has 2 heteroatoms. The summed E-state index contributed by atoms with van der Waals surface area (Å²) >= 11 is 0. The molecule has 0 unspecified atom stereocenters. The average molecular weight is 393 g/mol. The molecular weight excluding hydrogens is 344 g/mol. The lowest BCUT2D eigenvalue weighted by atomic mass is 9.70. The van der Waals surface area contributed by atoms with Crippen molar-refractivity contribution in [2.45, 2.75) is 130 Å². The van der Waals surface area contributed by atoms with Gasteiger partial charge in [0.05, 0.1) is 0 Å². The number of Topliss-reactive ketones (excluding diaryl/α,β-unsaturated/α-hetero) is 1. The largest absolute Gasteiger partial charge is 0.382 e. The van der Waals surface area contributed by atoms with Gasteiger partial charge in [0, 0.05) is 19.6 Å². The van der Waals surface area contributed by atoms with E-state index in [1.807, 2.05) is 0 Å². The lowest BCUT2D eigenvalue weighted by Gasteiger charge is -2.34. The molecule has 1 aliphatic carbocycles. The van der Waals surface area contributed by atoms with E-state index in [-0.39, 0.29) is 5.41 Å². The number of hydrogen-bond acceptors (Lipinski definition) is 2. The van der Waals surface area contributed by atoms with Crippen molar-refractivity contribution in [3.63, 3.8) is 0 Å². The summed E-state index contributed by atoms with van der Waals surface area (Å²) in [6.07, 6.45) is 20.7. The highest BCUT2D eigenvalue weighted by atomic mass is 16.5. The van der Waals surface area contributed by atoms with E-state index < -0.39 is 0 Å². The van der Waals surface area contributed by atoms with Crippen molar-refractivity contribution in [1.29, 1.82) is 0 Å². The van der Waals surface area contributed by atoms with Gasteiger partial charge in [0.25, 0.3) is 0 Å². The minimum absolute atomic E-state index is 0.237. The van der Waals surface area contributed by atoms with Crippen LogP contribution in [0.15, 0.2) is 11.1 Å². The van der Waals surface area contributed by atoms with Crippen LogP contribution in [0.25, 0.3) is 0 Å². The Kier molecular flexibility index (Phi) is 13.8. The predicted molar refractivity (Wildman–Crippen MR) is 122 cm³/mol. The molecule has 1 rings (SSSR count). The Labute approximate surface area is 175 Å². The quantitative estimate of drug-likeness (QED) is 0.233. The van der Waals surface area contributed by atoms with Crippen molar-refractivity contribution in [3.8, 4) is 0 Å². The van der Waals surface area contributed by atoms with E-state index in [2.05, 4.69) is 27.7 Å². The number of unbranched alkanes of at least 4 members (excludes halogenated alkanes) is 12. The third-order valence-electron chi connectivity index (χ3n) is 6.58. The first-order chi connectivity index (χ1) is 13.5. The topological polar surface area (TPSA) is 26.3 Å². The summed E-state index contributed by atoms with van der Waals surface area (Å²) in [5.74, 6) is 0.389. The standard InChI is InChI=1S/C26H48O2/c1-5-28-22-18-16-14-12-10-8-6-7-9-11-13-15-17-19-24-23(2)25(27)20-21-26(24,3)4/h5-22H2,1-4H3. The van der Waals surface area contributed by atoms with Gasteiger partial charge in [0.1, 0.15) is 0 Å². The first-order valence-corrected chi connectivity index (χ1v) is 12.3. The van der Waals surface area contributed by atoms with Crippen LogP contribution in [0.5, 0.6) is 0 Å². The minimum atomic E-state index is 0.237. The summed E-state index contributed by atoms with van der Waals surface area (Å²) in [6.45, 7) is 10.6. The second-order valence-electron chi connectivity index (χ2n) is 9.45. The fourth-order valence-electron chi connectivity index (χ4n) is 4.56. The smallest absolute Gasteiger partial charge is 0.158 e. The van der Waals surface area contributed by atoms with Gasteiger partial charge < -0.3 is 4.74 Å². The summed E-state index contributed by atoms with van der Waals surface area (Å²) in [4.78, 5) is 12.0. The van der Waals surface area contributed by atoms with Crippen LogP contribution in [0.2, 0.25) is 0 Å². The number of allylic oxidation sites excluding steroid dienone is 2. The fourth-order valence-corrected chi connectivity index (χ4v) is 4.56. The van der Waals surface area contributed by atoms with E-state index >= 15 is 0 Å². The van der Waals surface area contributed by atoms with Gasteiger partial charge in [-0.15, -0.1) is 0 Å². The molecule has 0 heterocycles. The molecule has 0 aromatic carbocycles. The molecule has 0 spiro atoms. The van der Waals surface area contributed by atoms with Crippen molar-refractivity contribution in [3.05, 3.63) is 11.1 Å². The van der Waals surface area contributed by atoms with Crippen LogP contribution in [0.4, 0.5) is 0 Å². The fraction of sp³-hybridized carbons (Fsp3) is 0.885. The zero-order chi connectivity index (χ0) is 20.7. The first kappa shape index (κ1) is 25.4. The molecule has 164 valence electrons. The number of rotatable bonds is 17. The monoisotopic (exact) mass is 392 g/mol. The molecule has 0 radical (unpaired) electrons. The molecule has 0 aromatic heterocycles. The van der Waals surface area contributed by atoms with Crippen molar-refractivity contribution >= 4 is 5.78 Å². The minimum Gasteiger partial charge on any atom is -0.382 e. The van der Waals surface area contributed by atoms with E-state index in [1.165, 1.54) is 89.0 Å². The van der Waals surface area contributed by atoms with Gasteiger partial charge in [-0.3, -0.25) is 4.79 Å². The molecule has 0 bridgehead atoms. The summed E-state index contributed by atoms with van der Waals surface area (Å²) in [6, 6.07) is 0. The zero-order valence-corrected chi connectivity index (χ0v) is 19.5. The number of ketones is 1. The van der Waals surface area contributed by atoms with Crippen LogP contribution in [-0.2, 0) is 9.53 Å². The second-order valence-corrected chi connectivity index (χ2v) is 9.45. The Morgan fingerprint density at radius 2 is 1.25 bits per heavy atom. The maximum atomic E-state index is 12.0. The predicted octanol–water partition coefficient (Wildman–Crippen LogP) is 8.19. The van der Waals surface area contributed by atoms with Crippen molar-refractivity contribution < 1.29 is 9.53 Å². The SMILES string of the molecule is CCOCCCCCCCCCCCCCCCC1=C(C)C(=O)CCC1(C)C. The average Bonchev–Trinajstić information content (AvgIpc) is 2.67. The van der Waals surface area contributed by atoms with E-state index in [9.17, 15) is 4.79 Å². The first-order valence-electron chi connectivity index (χ1n) is 12.3. The summed E-state index contributed by atoms with van der Waals surface area (Å²) < 4.78 is 5.37. The van der Waals surface area contributed by atoms with Crippen LogP contribution in [0.3, 0.4) is 0 Å². The Hall–Kier alpha value is -0.630. The molecule has 0 aromatic rings. The van der Waals surface area contributed by atoms with Gasteiger partial charge in [-0.2, -0.15) is 0 Å². The van der Waals surface area contributed by atoms with Gasteiger partial charge in [-0.05, 0) is 50.5 Å². The number of carbonyl (C=O) groups is 1. The van der Waals surface area contributed by atoms with Gasteiger partial charge in [0.2, 0.25) is 0 Å². The molecule has 0 N–H and O–H groups in total. The summed E-state index contributed by atoms with van der Waals surface area (Å²) in [7, 11) is 0. The van der Waals surface area contributed by atoms with E-state index in [1.54, 1.807) is 0 Å². The van der Waals surface area contributed by atoms with E-state index in [0.29, 0.717) is 5.78 Å². The number of ether oxygens (including phenoxy) is 1. The van der Waals surface area contributed by atoms with Gasteiger partial charge in [-0.25, -0.2) is 0 Å². The molecule has 0 atom stereocenters. The molecule has 0 saturated carbocycles. The van der Waals surface area contributed by atoms with Crippen molar-refractivity contribution in [2.75, 3.05) is 13.2 Å². The van der Waals surface area contributed by atoms with Crippen molar-refractivity contribution in [2.24, 2.45) is 5.41 Å². The molecule has 0 amide bonds. The van der Waals surface area contributed by atoms with Crippen LogP contribution in [0.1, 0.15) is 130 Å². The Morgan fingerprint density at radius 1 is 0.786 bits per heavy atom. The Balaban J connectivity index is 1.91. The van der Waals surface area contributed by atoms with Crippen LogP contribution < -0.4 is 0 Å². The molecule has 28 heavy (non-hydrogen) atoms. The van der Waals surface area contributed by atoms with E-state index in [4.69, 9.17) is 4.74 Å². The van der Waals surface area contributed by atoms with E-state index in [0.717, 1.165) is 38.0 Å². The maximum absolute atomic E-state index is 12.0. The lowest BCUT2D eigenvalue weighted by Crippen LogP contribution is -2.25. The van der Waals surface area contributed by atoms with Gasteiger partial charge in [0.15, 0.2) is 5.78 Å². The third-order valence-corrected chi connectivity index (χ3v) is 6.58. The van der Waals surface area contributed by atoms with Gasteiger partial charge >= 0.3 is 0 Å². The lowest BCUT2D eigenvalue weighted by molar-refractivity contribution is -0.116. The van der Waals surface area contributed by atoms with Gasteiger partial charge in [-0.1, -0.05) is 90.0 Å². The molecular formula is C26H48O2. The Morgan fingerprint density at radius 3 is 1.75 bits per heavy atom. The molecule has 0 saturated heterocycles. The van der Waals surface area contributed by atoms with Crippen molar-refractivity contribution in [1.82, 2.24) is 0 Å². The molecule has 0 aliphatic heterocycles. The molecule has 1 aliphatic rings. The third kappa shape index (κ3) is 10.8. The summed E-state index contributed by atoms with van der Waals surface area (Å²) in [5, 5.41) is 0. The maximum Gasteiger partial charge on any atom is 0.158 e. The van der Waals surface area contributed by atoms with Crippen LogP contribution in [-0.4, -0.2) is 19.0 Å². The highest BCUT2D eigenvalue weighted by Gasteiger charge is 2.31. The van der Waals surface area contributed by atoms with Crippen LogP contribution >= 0.6 is 0 Å². The Bertz CT molecular complexity index is 447.